The molecule has 2 aliphatic heterocycles. The largest absolute Gasteiger partial charge is 0.507 e. The summed E-state index contributed by atoms with van der Waals surface area (Å²) in [4.78, 5) is 33.6. The van der Waals surface area contributed by atoms with E-state index < -0.39 is 17.7 Å². The predicted octanol–water partition coefficient (Wildman–Crippen LogP) is 6.52. The average molecular weight is 583 g/mol. The van der Waals surface area contributed by atoms with Crippen LogP contribution in [0.15, 0.2) is 72.8 Å². The summed E-state index contributed by atoms with van der Waals surface area (Å²) in [6.45, 7) is 10.2. The minimum absolute atomic E-state index is 0.0180. The highest BCUT2D eigenvalue weighted by Crippen LogP contribution is 2.46. The molecule has 2 unspecified atom stereocenters. The highest BCUT2D eigenvalue weighted by Gasteiger charge is 2.48. The van der Waals surface area contributed by atoms with Gasteiger partial charge in [0.25, 0.3) is 5.78 Å². The van der Waals surface area contributed by atoms with Crippen molar-refractivity contribution in [2.24, 2.45) is 0 Å². The molecule has 1 N–H and O–H groups in total. The van der Waals surface area contributed by atoms with Gasteiger partial charge in [0.05, 0.1) is 28.4 Å². The zero-order valence-corrected chi connectivity index (χ0v) is 24.4. The lowest BCUT2D eigenvalue weighted by Crippen LogP contribution is -2.29. The van der Waals surface area contributed by atoms with Gasteiger partial charge in [-0.15, -0.1) is 0 Å². The molecule has 8 nitrogen and oxygen atoms in total. The summed E-state index contributed by atoms with van der Waals surface area (Å²) in [5, 5.41) is 12.0. The van der Waals surface area contributed by atoms with Crippen LogP contribution < -0.4 is 19.1 Å². The summed E-state index contributed by atoms with van der Waals surface area (Å²) in [7, 11) is 0. The van der Waals surface area contributed by atoms with Crippen LogP contribution in [0.3, 0.4) is 0 Å². The molecule has 3 aromatic carbocycles. The summed E-state index contributed by atoms with van der Waals surface area (Å²) >= 11 is 1.32. The lowest BCUT2D eigenvalue weighted by atomic mass is 9.94. The van der Waals surface area contributed by atoms with Crippen molar-refractivity contribution in [2.45, 2.75) is 39.3 Å². The number of fused-ring (bicyclic) bond motifs is 2. The Balaban J connectivity index is 1.54. The summed E-state index contributed by atoms with van der Waals surface area (Å²) in [5.41, 5.74) is 3.69. The summed E-state index contributed by atoms with van der Waals surface area (Å²) in [6.07, 6.45) is 2.34. The van der Waals surface area contributed by atoms with Crippen LogP contribution in [0.1, 0.15) is 42.1 Å². The molecule has 0 radical (unpaired) electrons. The smallest absolute Gasteiger partial charge is 0.301 e. The van der Waals surface area contributed by atoms with Gasteiger partial charge < -0.3 is 19.3 Å². The van der Waals surface area contributed by atoms with Crippen LogP contribution in [0.2, 0.25) is 0 Å². The molecule has 0 saturated carbocycles. The topological polar surface area (TPSA) is 98.2 Å². The molecule has 3 heterocycles. The van der Waals surface area contributed by atoms with Crippen molar-refractivity contribution in [1.82, 2.24) is 4.98 Å². The van der Waals surface area contributed by atoms with Crippen LogP contribution in [0, 0.1) is 6.92 Å². The molecular formula is C33H30N2O6S. The standard InChI is InChI=1S/C33H30N2O6S/c1-5-13-40-25-12-8-20(17-26(25)39-6-2)29-28(30(36)21-9-11-24-22(16-21)15-19(4)41-24)31(37)32(38)35(29)33-34-23-10-7-18(3)14-27(23)42-33/h5,7-12,14,16-17,19,29,36H,1,6,13,15H2,2-4H3/b30-28-. The van der Waals surface area contributed by atoms with Crippen molar-refractivity contribution in [3.8, 4) is 17.2 Å². The second-order valence-corrected chi connectivity index (χ2v) is 11.3. The summed E-state index contributed by atoms with van der Waals surface area (Å²) in [6, 6.07) is 15.4. The van der Waals surface area contributed by atoms with Gasteiger partial charge >= 0.3 is 5.91 Å². The molecule has 42 heavy (non-hydrogen) atoms. The van der Waals surface area contributed by atoms with E-state index in [1.54, 1.807) is 36.4 Å². The van der Waals surface area contributed by atoms with E-state index in [9.17, 15) is 14.7 Å². The number of ketones is 1. The zero-order chi connectivity index (χ0) is 29.5. The van der Waals surface area contributed by atoms with Crippen molar-refractivity contribution < 1.29 is 28.9 Å². The van der Waals surface area contributed by atoms with Crippen LogP contribution in [-0.4, -0.2) is 41.1 Å². The van der Waals surface area contributed by atoms with Crippen LogP contribution in [0.25, 0.3) is 16.0 Å². The molecule has 214 valence electrons. The number of aryl methyl sites for hydroxylation is 1. The van der Waals surface area contributed by atoms with E-state index in [0.29, 0.717) is 40.8 Å². The van der Waals surface area contributed by atoms with Crippen molar-refractivity contribution in [1.29, 1.82) is 0 Å². The second kappa shape index (κ2) is 11.0. The number of rotatable bonds is 8. The van der Waals surface area contributed by atoms with Gasteiger partial charge in [-0.1, -0.05) is 36.1 Å². The minimum atomic E-state index is -0.956. The van der Waals surface area contributed by atoms with Crippen molar-refractivity contribution in [2.75, 3.05) is 18.1 Å². The fraction of sp³-hybridized carbons (Fsp3) is 0.242. The maximum atomic E-state index is 13.7. The first kappa shape index (κ1) is 27.5. The molecule has 1 fully saturated rings. The number of amides is 1. The van der Waals surface area contributed by atoms with E-state index in [-0.39, 0.29) is 24.0 Å². The Morgan fingerprint density at radius 3 is 2.76 bits per heavy atom. The SMILES string of the molecule is C=CCOc1ccc(C2/C(=C(/O)c3ccc4c(c3)CC(C)O4)C(=O)C(=O)N2c2nc3ccc(C)cc3s2)cc1OCC. The first-order valence-corrected chi connectivity index (χ1v) is 14.6. The van der Waals surface area contributed by atoms with Gasteiger partial charge in [0.1, 0.15) is 24.2 Å². The second-order valence-electron chi connectivity index (χ2n) is 10.3. The number of aromatic nitrogens is 1. The molecule has 9 heteroatoms. The Hall–Kier alpha value is -4.63. The first-order valence-electron chi connectivity index (χ1n) is 13.8. The van der Waals surface area contributed by atoms with Crippen LogP contribution in [0.5, 0.6) is 17.2 Å². The molecule has 1 saturated heterocycles. The van der Waals surface area contributed by atoms with E-state index in [4.69, 9.17) is 19.2 Å². The minimum Gasteiger partial charge on any atom is -0.507 e. The number of Topliss-reactive ketones (excluding diaryl/α,β-unsaturated/α-hetero) is 1. The third kappa shape index (κ3) is 4.79. The van der Waals surface area contributed by atoms with Crippen LogP contribution in [0.4, 0.5) is 5.13 Å². The molecule has 1 aromatic heterocycles. The van der Waals surface area contributed by atoms with Crippen molar-refractivity contribution in [3.05, 3.63) is 95.1 Å². The molecule has 0 bridgehead atoms. The van der Waals surface area contributed by atoms with Crippen molar-refractivity contribution in [3.63, 3.8) is 0 Å². The van der Waals surface area contributed by atoms with E-state index in [1.165, 1.54) is 16.2 Å². The highest BCUT2D eigenvalue weighted by molar-refractivity contribution is 7.22. The van der Waals surface area contributed by atoms with E-state index in [1.807, 2.05) is 45.0 Å². The van der Waals surface area contributed by atoms with Gasteiger partial charge in [-0.05, 0) is 79.9 Å². The maximum Gasteiger partial charge on any atom is 0.301 e. The molecule has 4 aromatic rings. The molecule has 0 aliphatic carbocycles. The lowest BCUT2D eigenvalue weighted by molar-refractivity contribution is -0.132. The van der Waals surface area contributed by atoms with Gasteiger partial charge in [0, 0.05) is 12.0 Å². The first-order chi connectivity index (χ1) is 20.3. The summed E-state index contributed by atoms with van der Waals surface area (Å²) < 4.78 is 18.4. The van der Waals surface area contributed by atoms with Crippen LogP contribution >= 0.6 is 11.3 Å². The Bertz CT molecular complexity index is 1770. The number of aliphatic hydroxyl groups excluding tert-OH is 1. The molecule has 2 atom stereocenters. The number of anilines is 1. The van der Waals surface area contributed by atoms with Gasteiger partial charge in [0.2, 0.25) is 0 Å². The lowest BCUT2D eigenvalue weighted by Gasteiger charge is -2.24. The Morgan fingerprint density at radius 2 is 1.98 bits per heavy atom. The Kier molecular flexibility index (Phi) is 7.20. The number of aliphatic hydroxyl groups is 1. The predicted molar refractivity (Wildman–Crippen MR) is 163 cm³/mol. The normalized spacial score (nSPS) is 19.2. The molecule has 6 rings (SSSR count). The average Bonchev–Trinajstić information content (AvgIpc) is 3.63. The quantitative estimate of drug-likeness (QED) is 0.109. The number of carbonyl (C=O) groups is 2. The third-order valence-electron chi connectivity index (χ3n) is 7.29. The van der Waals surface area contributed by atoms with E-state index in [0.717, 1.165) is 27.1 Å². The van der Waals surface area contributed by atoms with Gasteiger partial charge in [-0.25, -0.2) is 4.98 Å². The fourth-order valence-corrected chi connectivity index (χ4v) is 6.51. The van der Waals surface area contributed by atoms with Gasteiger partial charge in [-0.2, -0.15) is 0 Å². The number of thiazole rings is 1. The van der Waals surface area contributed by atoms with Crippen LogP contribution in [-0.2, 0) is 16.0 Å². The number of benzene rings is 3. The highest BCUT2D eigenvalue weighted by atomic mass is 32.1. The van der Waals surface area contributed by atoms with Crippen molar-refractivity contribution >= 4 is 44.1 Å². The molecule has 2 aliphatic rings. The fourth-order valence-electron chi connectivity index (χ4n) is 5.42. The monoisotopic (exact) mass is 582 g/mol. The summed E-state index contributed by atoms with van der Waals surface area (Å²) in [5.74, 6) is -0.113. The van der Waals surface area contributed by atoms with Gasteiger partial charge in [0.15, 0.2) is 16.6 Å². The molecule has 0 spiro atoms. The number of carbonyl (C=O) groups excluding carboxylic acids is 2. The van der Waals surface area contributed by atoms with Gasteiger partial charge in [-0.3, -0.25) is 14.5 Å². The molecule has 1 amide bonds. The molecular weight excluding hydrogens is 552 g/mol. The number of hydrogen-bond acceptors (Lipinski definition) is 8. The number of ether oxygens (including phenoxy) is 3. The Labute approximate surface area is 247 Å². The zero-order valence-electron chi connectivity index (χ0n) is 23.5. The number of hydrogen-bond donors (Lipinski definition) is 1. The number of nitrogens with zero attached hydrogens (tertiary/aromatic N) is 2. The Morgan fingerprint density at radius 1 is 1.14 bits per heavy atom. The van der Waals surface area contributed by atoms with E-state index >= 15 is 0 Å². The third-order valence-corrected chi connectivity index (χ3v) is 8.31. The van der Waals surface area contributed by atoms with E-state index in [2.05, 4.69) is 6.58 Å². The maximum absolute atomic E-state index is 13.7.